The molecule has 3 nitrogen and oxygen atoms in total. The highest BCUT2D eigenvalue weighted by Crippen LogP contribution is 2.36. The molecule has 6 atom stereocenters. The molecule has 0 bridgehead atoms. The zero-order valence-corrected chi connectivity index (χ0v) is 14.9. The fourth-order valence-electron chi connectivity index (χ4n) is 5.92. The van der Waals surface area contributed by atoms with E-state index >= 15 is 0 Å². The largest absolute Gasteiger partial charge is 0.384 e. The quantitative estimate of drug-likeness (QED) is 0.725. The summed E-state index contributed by atoms with van der Waals surface area (Å²) in [4.78, 5) is 0. The van der Waals surface area contributed by atoms with Gasteiger partial charge in [-0.2, -0.15) is 0 Å². The number of hydrogen-bond donors (Lipinski definition) is 3. The zero-order valence-electron chi connectivity index (χ0n) is 14.9. The summed E-state index contributed by atoms with van der Waals surface area (Å²) in [5, 5.41) is 11.8. The molecule has 0 amide bonds. The molecule has 132 valence electrons. The summed E-state index contributed by atoms with van der Waals surface area (Å²) in [5.74, 6) is 1.62. The van der Waals surface area contributed by atoms with E-state index in [1.165, 1.54) is 82.0 Å². The van der Waals surface area contributed by atoms with Gasteiger partial charge in [-0.3, -0.25) is 0 Å². The van der Waals surface area contributed by atoms with E-state index < -0.39 is 0 Å². The molecule has 5 aliphatic rings. The van der Waals surface area contributed by atoms with Crippen molar-refractivity contribution in [3.8, 4) is 0 Å². The first-order chi connectivity index (χ1) is 11.9. The second-order valence-corrected chi connectivity index (χ2v) is 8.85. The van der Waals surface area contributed by atoms with Gasteiger partial charge in [-0.1, -0.05) is 37.8 Å². The third-order valence-electron chi connectivity index (χ3n) is 7.27. The summed E-state index contributed by atoms with van der Waals surface area (Å²) < 4.78 is 0. The molecule has 2 aliphatic carbocycles. The van der Waals surface area contributed by atoms with Crippen LogP contribution in [-0.2, 0) is 0 Å². The van der Waals surface area contributed by atoms with Crippen LogP contribution in [0.3, 0.4) is 0 Å². The van der Waals surface area contributed by atoms with Crippen molar-refractivity contribution in [1.82, 2.24) is 16.0 Å². The van der Waals surface area contributed by atoms with Crippen LogP contribution in [0.4, 0.5) is 0 Å². The monoisotopic (exact) mass is 327 g/mol. The van der Waals surface area contributed by atoms with Gasteiger partial charge in [0.2, 0.25) is 0 Å². The van der Waals surface area contributed by atoms with Crippen molar-refractivity contribution in [1.29, 1.82) is 0 Å². The van der Waals surface area contributed by atoms with Crippen LogP contribution in [-0.4, -0.2) is 24.2 Å². The molecule has 6 unspecified atom stereocenters. The molecule has 0 aromatic heterocycles. The van der Waals surface area contributed by atoms with Gasteiger partial charge in [-0.05, 0) is 56.8 Å². The van der Waals surface area contributed by atoms with Gasteiger partial charge < -0.3 is 16.0 Å². The van der Waals surface area contributed by atoms with Crippen LogP contribution < -0.4 is 16.0 Å². The van der Waals surface area contributed by atoms with E-state index in [0.717, 1.165) is 23.9 Å². The van der Waals surface area contributed by atoms with Crippen molar-refractivity contribution < 1.29 is 0 Å². The molecule has 3 fully saturated rings. The molecule has 24 heavy (non-hydrogen) atoms. The molecule has 3 aliphatic heterocycles. The van der Waals surface area contributed by atoms with Gasteiger partial charge in [0.05, 0.1) is 0 Å². The molecule has 0 aromatic rings. The number of piperidine rings is 1. The minimum Gasteiger partial charge on any atom is -0.384 e. The van der Waals surface area contributed by atoms with Crippen LogP contribution in [0.5, 0.6) is 0 Å². The van der Waals surface area contributed by atoms with Crippen LogP contribution in [0.15, 0.2) is 23.5 Å². The van der Waals surface area contributed by atoms with E-state index in [2.05, 4.69) is 28.1 Å². The van der Waals surface area contributed by atoms with E-state index in [-0.39, 0.29) is 0 Å². The fraction of sp³-hybridized carbons (Fsp3) is 0.810. The van der Waals surface area contributed by atoms with Gasteiger partial charge in [0.25, 0.3) is 0 Å². The SMILES string of the molecule is C1=C(C2CCCC(C3=CC4CCCCC4N3)N2)NC2CCCCC12. The first-order valence-corrected chi connectivity index (χ1v) is 10.6. The Morgan fingerprint density at radius 2 is 1.08 bits per heavy atom. The Kier molecular flexibility index (Phi) is 4.08. The summed E-state index contributed by atoms with van der Waals surface area (Å²) >= 11 is 0. The van der Waals surface area contributed by atoms with Crippen molar-refractivity contribution >= 4 is 0 Å². The maximum atomic E-state index is 4.00. The average Bonchev–Trinajstić information content (AvgIpc) is 3.26. The molecule has 2 saturated carbocycles. The normalized spacial score (nSPS) is 44.7. The summed E-state index contributed by atoms with van der Waals surface area (Å²) in [5.41, 5.74) is 3.04. The summed E-state index contributed by atoms with van der Waals surface area (Å²) in [6.45, 7) is 0. The molecule has 1 saturated heterocycles. The lowest BCUT2D eigenvalue weighted by Gasteiger charge is -2.34. The number of fused-ring (bicyclic) bond motifs is 2. The van der Waals surface area contributed by atoms with Gasteiger partial charge in [-0.15, -0.1) is 0 Å². The fourth-order valence-corrected chi connectivity index (χ4v) is 5.92. The molecule has 5 rings (SSSR count). The first kappa shape index (κ1) is 15.3. The van der Waals surface area contributed by atoms with Crippen LogP contribution >= 0.6 is 0 Å². The topological polar surface area (TPSA) is 36.1 Å². The maximum Gasteiger partial charge on any atom is 0.0471 e. The van der Waals surface area contributed by atoms with Gasteiger partial charge in [0, 0.05) is 35.6 Å². The zero-order chi connectivity index (χ0) is 15.9. The highest BCUT2D eigenvalue weighted by molar-refractivity contribution is 5.25. The number of hydrogen-bond acceptors (Lipinski definition) is 3. The predicted molar refractivity (Wildman–Crippen MR) is 98.5 cm³/mol. The third-order valence-corrected chi connectivity index (χ3v) is 7.27. The van der Waals surface area contributed by atoms with Crippen molar-refractivity contribution in [3.63, 3.8) is 0 Å². The van der Waals surface area contributed by atoms with Gasteiger partial charge >= 0.3 is 0 Å². The highest BCUT2D eigenvalue weighted by Gasteiger charge is 2.37. The Bertz CT molecular complexity index is 491. The lowest BCUT2D eigenvalue weighted by atomic mass is 9.86. The van der Waals surface area contributed by atoms with E-state index in [1.54, 1.807) is 0 Å². The summed E-state index contributed by atoms with van der Waals surface area (Å²) in [6, 6.07) is 2.59. The van der Waals surface area contributed by atoms with E-state index in [4.69, 9.17) is 0 Å². The lowest BCUT2D eigenvalue weighted by molar-refractivity contribution is 0.321. The van der Waals surface area contributed by atoms with Crippen LogP contribution in [0.2, 0.25) is 0 Å². The number of rotatable bonds is 2. The Balaban J connectivity index is 1.26. The molecule has 3 heterocycles. The van der Waals surface area contributed by atoms with Crippen LogP contribution in [0.25, 0.3) is 0 Å². The second kappa shape index (κ2) is 6.40. The Hall–Kier alpha value is -0.960. The molecule has 3 heteroatoms. The standard InChI is InChI=1S/C21H33N3/c1-3-8-16-14(6-1)12-20(22-16)18-10-5-11-19(24-18)21-13-15-7-2-4-9-17(15)23-21/h12-19,22-24H,1-11H2. The molecule has 3 N–H and O–H groups in total. The third kappa shape index (κ3) is 2.79. The first-order valence-electron chi connectivity index (χ1n) is 10.6. The molecule has 0 spiro atoms. The lowest BCUT2D eigenvalue weighted by Crippen LogP contribution is -2.49. The van der Waals surface area contributed by atoms with Gasteiger partial charge in [-0.25, -0.2) is 0 Å². The Morgan fingerprint density at radius 3 is 1.58 bits per heavy atom. The van der Waals surface area contributed by atoms with E-state index in [1.807, 2.05) is 0 Å². The van der Waals surface area contributed by atoms with Crippen molar-refractivity contribution in [2.75, 3.05) is 0 Å². The highest BCUT2D eigenvalue weighted by atomic mass is 15.1. The molecule has 0 aromatic carbocycles. The van der Waals surface area contributed by atoms with Gasteiger partial charge in [0.15, 0.2) is 0 Å². The van der Waals surface area contributed by atoms with Gasteiger partial charge in [0.1, 0.15) is 0 Å². The van der Waals surface area contributed by atoms with Crippen molar-refractivity contribution in [3.05, 3.63) is 23.5 Å². The van der Waals surface area contributed by atoms with Crippen LogP contribution in [0.1, 0.15) is 70.6 Å². The minimum atomic E-state index is 0.555. The van der Waals surface area contributed by atoms with Crippen molar-refractivity contribution in [2.45, 2.75) is 94.8 Å². The predicted octanol–water partition coefficient (Wildman–Crippen LogP) is 3.59. The Morgan fingerprint density at radius 1 is 0.583 bits per heavy atom. The van der Waals surface area contributed by atoms with Crippen molar-refractivity contribution in [2.24, 2.45) is 11.8 Å². The van der Waals surface area contributed by atoms with E-state index in [9.17, 15) is 0 Å². The number of nitrogens with one attached hydrogen (secondary N) is 3. The summed E-state index contributed by atoms with van der Waals surface area (Å²) in [7, 11) is 0. The Labute approximate surface area is 146 Å². The second-order valence-electron chi connectivity index (χ2n) is 8.85. The average molecular weight is 328 g/mol. The van der Waals surface area contributed by atoms with Crippen LogP contribution in [0, 0.1) is 11.8 Å². The maximum absolute atomic E-state index is 4.00. The molecule has 0 radical (unpaired) electrons. The smallest absolute Gasteiger partial charge is 0.0471 e. The molecular formula is C21H33N3. The summed E-state index contributed by atoms with van der Waals surface area (Å²) in [6.07, 6.45) is 20.3. The van der Waals surface area contributed by atoms with E-state index in [0.29, 0.717) is 12.1 Å². The molecular weight excluding hydrogens is 294 g/mol. The minimum absolute atomic E-state index is 0.555.